The molecule has 1 aromatic heterocycles. The SMILES string of the molecule is CCCCCCCCCCCCCCCCNc1ncnc(Nc2ccc3c(c2)OCCO3)c1N. The van der Waals surface area contributed by atoms with Gasteiger partial charge in [-0.15, -0.1) is 0 Å². The molecule has 194 valence electrons. The molecule has 0 fully saturated rings. The molecular formula is C28H45N5O2. The highest BCUT2D eigenvalue weighted by Crippen LogP contribution is 2.34. The first kappa shape index (κ1) is 26.9. The number of nitrogen functional groups attached to an aromatic ring is 1. The van der Waals surface area contributed by atoms with Crippen LogP contribution in [0.3, 0.4) is 0 Å². The highest BCUT2D eigenvalue weighted by molar-refractivity contribution is 5.78. The standard InChI is InChI=1S/C28H45N5O2/c1-2-3-4-5-6-7-8-9-10-11-12-13-14-15-18-30-27-26(29)28(32-22-31-27)33-23-16-17-24-25(21-23)35-20-19-34-24/h16-17,21-22H,2-15,18-20,29H2,1H3,(H2,30,31,32,33). The second-order valence-electron chi connectivity index (χ2n) is 9.49. The van der Waals surface area contributed by atoms with Crippen LogP contribution in [-0.4, -0.2) is 29.7 Å². The molecule has 7 nitrogen and oxygen atoms in total. The minimum atomic E-state index is 0.521. The lowest BCUT2D eigenvalue weighted by atomic mass is 10.0. The molecule has 1 aliphatic rings. The number of ether oxygens (including phenoxy) is 2. The summed E-state index contributed by atoms with van der Waals surface area (Å²) in [6.07, 6.45) is 20.6. The molecule has 7 heteroatoms. The number of anilines is 4. The Labute approximate surface area is 211 Å². The maximum absolute atomic E-state index is 6.32. The third kappa shape index (κ3) is 9.82. The van der Waals surface area contributed by atoms with Crippen LogP contribution in [-0.2, 0) is 0 Å². The molecule has 2 heterocycles. The highest BCUT2D eigenvalue weighted by Gasteiger charge is 2.13. The number of aromatic nitrogens is 2. The second kappa shape index (κ2) is 16.1. The third-order valence-corrected chi connectivity index (χ3v) is 6.51. The number of rotatable bonds is 18. The number of nitrogens with one attached hydrogen (secondary N) is 2. The van der Waals surface area contributed by atoms with Crippen LogP contribution in [0.4, 0.5) is 23.0 Å². The van der Waals surface area contributed by atoms with E-state index in [1.165, 1.54) is 89.8 Å². The Kier molecular flexibility index (Phi) is 12.3. The van der Waals surface area contributed by atoms with Gasteiger partial charge in [-0.05, 0) is 18.6 Å². The Morgan fingerprint density at radius 3 is 1.97 bits per heavy atom. The Morgan fingerprint density at radius 2 is 1.31 bits per heavy atom. The van der Waals surface area contributed by atoms with Crippen LogP contribution in [0.5, 0.6) is 11.5 Å². The van der Waals surface area contributed by atoms with E-state index < -0.39 is 0 Å². The number of hydrogen-bond donors (Lipinski definition) is 3. The summed E-state index contributed by atoms with van der Waals surface area (Å²) in [5, 5.41) is 6.64. The summed E-state index contributed by atoms with van der Waals surface area (Å²) in [4.78, 5) is 8.63. The summed E-state index contributed by atoms with van der Waals surface area (Å²) >= 11 is 0. The lowest BCUT2D eigenvalue weighted by molar-refractivity contribution is 0.171. The Hall–Kier alpha value is -2.70. The summed E-state index contributed by atoms with van der Waals surface area (Å²) in [5.74, 6) is 2.74. The van der Waals surface area contributed by atoms with Crippen molar-refractivity contribution in [3.63, 3.8) is 0 Å². The lowest BCUT2D eigenvalue weighted by Crippen LogP contribution is -2.15. The normalized spacial score (nSPS) is 12.5. The number of nitrogens with zero attached hydrogens (tertiary/aromatic N) is 2. The van der Waals surface area contributed by atoms with Gasteiger partial charge in [0, 0.05) is 18.3 Å². The topological polar surface area (TPSA) is 94.3 Å². The van der Waals surface area contributed by atoms with Crippen molar-refractivity contribution in [3.05, 3.63) is 24.5 Å². The summed E-state index contributed by atoms with van der Waals surface area (Å²) in [6.45, 7) is 4.28. The summed E-state index contributed by atoms with van der Waals surface area (Å²) in [6, 6.07) is 5.72. The number of unbranched alkanes of at least 4 members (excludes halogenated alkanes) is 13. The average molecular weight is 484 g/mol. The molecule has 1 aliphatic heterocycles. The minimum absolute atomic E-state index is 0.521. The van der Waals surface area contributed by atoms with Crippen molar-refractivity contribution in [1.29, 1.82) is 0 Å². The van der Waals surface area contributed by atoms with Crippen LogP contribution in [0.15, 0.2) is 24.5 Å². The van der Waals surface area contributed by atoms with Gasteiger partial charge in [0.25, 0.3) is 0 Å². The van der Waals surface area contributed by atoms with Gasteiger partial charge in [-0.1, -0.05) is 90.4 Å². The van der Waals surface area contributed by atoms with Crippen molar-refractivity contribution in [2.75, 3.05) is 36.1 Å². The van der Waals surface area contributed by atoms with Gasteiger partial charge in [0.15, 0.2) is 23.1 Å². The molecule has 2 aromatic rings. The first-order valence-electron chi connectivity index (χ1n) is 13.8. The first-order valence-corrected chi connectivity index (χ1v) is 13.8. The van der Waals surface area contributed by atoms with E-state index in [0.29, 0.717) is 30.5 Å². The average Bonchev–Trinajstić information content (AvgIpc) is 2.88. The van der Waals surface area contributed by atoms with Gasteiger partial charge >= 0.3 is 0 Å². The van der Waals surface area contributed by atoms with Crippen LogP contribution in [0.1, 0.15) is 96.8 Å². The zero-order valence-electron chi connectivity index (χ0n) is 21.6. The van der Waals surface area contributed by atoms with Crippen molar-refractivity contribution in [1.82, 2.24) is 9.97 Å². The van der Waals surface area contributed by atoms with Crippen LogP contribution >= 0.6 is 0 Å². The van der Waals surface area contributed by atoms with Crippen molar-refractivity contribution >= 4 is 23.0 Å². The molecule has 0 radical (unpaired) electrons. The van der Waals surface area contributed by atoms with Crippen molar-refractivity contribution in [3.8, 4) is 11.5 Å². The second-order valence-corrected chi connectivity index (χ2v) is 9.49. The fourth-order valence-corrected chi connectivity index (χ4v) is 4.42. The predicted molar refractivity (Wildman–Crippen MR) is 146 cm³/mol. The molecule has 0 saturated heterocycles. The number of hydrogen-bond acceptors (Lipinski definition) is 7. The molecule has 3 rings (SSSR count). The first-order chi connectivity index (χ1) is 17.3. The molecule has 0 bridgehead atoms. The van der Waals surface area contributed by atoms with E-state index in [1.807, 2.05) is 18.2 Å². The smallest absolute Gasteiger partial charge is 0.163 e. The van der Waals surface area contributed by atoms with Crippen molar-refractivity contribution in [2.45, 2.75) is 96.8 Å². The van der Waals surface area contributed by atoms with Gasteiger partial charge < -0.3 is 25.8 Å². The molecular weight excluding hydrogens is 438 g/mol. The zero-order valence-corrected chi connectivity index (χ0v) is 21.6. The zero-order chi connectivity index (χ0) is 24.6. The quantitative estimate of drug-likeness (QED) is 0.189. The van der Waals surface area contributed by atoms with Crippen molar-refractivity contribution < 1.29 is 9.47 Å². The Bertz CT molecular complexity index is 861. The summed E-state index contributed by atoms with van der Waals surface area (Å²) in [7, 11) is 0. The number of benzene rings is 1. The maximum atomic E-state index is 6.32. The minimum Gasteiger partial charge on any atom is -0.486 e. The molecule has 0 spiro atoms. The van der Waals surface area contributed by atoms with Crippen LogP contribution in [0.2, 0.25) is 0 Å². The predicted octanol–water partition coefficient (Wildman–Crippen LogP) is 7.47. The molecule has 0 atom stereocenters. The van der Waals surface area contributed by atoms with Gasteiger partial charge in [-0.25, -0.2) is 9.97 Å². The van der Waals surface area contributed by atoms with Crippen LogP contribution < -0.4 is 25.8 Å². The van der Waals surface area contributed by atoms with E-state index in [9.17, 15) is 0 Å². The van der Waals surface area contributed by atoms with E-state index in [2.05, 4.69) is 27.5 Å². The highest BCUT2D eigenvalue weighted by atomic mass is 16.6. The fourth-order valence-electron chi connectivity index (χ4n) is 4.42. The van der Waals surface area contributed by atoms with E-state index in [1.54, 1.807) is 0 Å². The maximum Gasteiger partial charge on any atom is 0.163 e. The van der Waals surface area contributed by atoms with Crippen LogP contribution in [0.25, 0.3) is 0 Å². The van der Waals surface area contributed by atoms with Gasteiger partial charge in [-0.3, -0.25) is 0 Å². The molecule has 1 aromatic carbocycles. The van der Waals surface area contributed by atoms with E-state index in [-0.39, 0.29) is 0 Å². The molecule has 4 N–H and O–H groups in total. The van der Waals surface area contributed by atoms with Crippen molar-refractivity contribution in [2.24, 2.45) is 0 Å². The largest absolute Gasteiger partial charge is 0.486 e. The van der Waals surface area contributed by atoms with Gasteiger partial charge in [0.1, 0.15) is 25.2 Å². The Balaban J connectivity index is 1.25. The van der Waals surface area contributed by atoms with Crippen LogP contribution in [0, 0.1) is 0 Å². The van der Waals surface area contributed by atoms with E-state index in [0.717, 1.165) is 30.2 Å². The molecule has 0 amide bonds. The number of nitrogens with two attached hydrogens (primary N) is 1. The van der Waals surface area contributed by atoms with Gasteiger partial charge in [-0.2, -0.15) is 0 Å². The van der Waals surface area contributed by atoms with E-state index >= 15 is 0 Å². The molecule has 35 heavy (non-hydrogen) atoms. The van der Waals surface area contributed by atoms with E-state index in [4.69, 9.17) is 15.2 Å². The lowest BCUT2D eigenvalue weighted by Gasteiger charge is -2.19. The molecule has 0 aliphatic carbocycles. The Morgan fingerprint density at radius 1 is 0.743 bits per heavy atom. The summed E-state index contributed by atoms with van der Waals surface area (Å²) in [5.41, 5.74) is 7.69. The molecule has 0 unspecified atom stereocenters. The summed E-state index contributed by atoms with van der Waals surface area (Å²) < 4.78 is 11.2. The number of fused-ring (bicyclic) bond motifs is 1. The third-order valence-electron chi connectivity index (χ3n) is 6.51. The fraction of sp³-hybridized carbons (Fsp3) is 0.643. The molecule has 0 saturated carbocycles. The van der Waals surface area contributed by atoms with Gasteiger partial charge in [0.2, 0.25) is 0 Å². The monoisotopic (exact) mass is 483 g/mol. The van der Waals surface area contributed by atoms with Gasteiger partial charge in [0.05, 0.1) is 0 Å².